The van der Waals surface area contributed by atoms with Crippen LogP contribution < -0.4 is 4.74 Å². The standard InChI is InChI=1S/C25H30O5S/c1-20(2)25(26)30-18-6-4-5-7-19-31(27,28)24-16-12-22(13-17-24)9-8-21-10-14-23(29-3)15-11-21/h8-17H,1,4-7,18-19H2,2-3H3. The quantitative estimate of drug-likeness (QED) is 0.193. The molecule has 0 saturated carbocycles. The van der Waals surface area contributed by atoms with Crippen LogP contribution in [0.15, 0.2) is 65.6 Å². The Balaban J connectivity index is 1.78. The molecule has 0 bridgehead atoms. The van der Waals surface area contributed by atoms with Crippen molar-refractivity contribution in [2.24, 2.45) is 0 Å². The van der Waals surface area contributed by atoms with E-state index in [1.807, 2.05) is 48.6 Å². The maximum absolute atomic E-state index is 12.5. The molecule has 166 valence electrons. The molecule has 2 aromatic rings. The fourth-order valence-electron chi connectivity index (χ4n) is 2.85. The molecule has 0 aromatic heterocycles. The minimum absolute atomic E-state index is 0.111. The van der Waals surface area contributed by atoms with Gasteiger partial charge in [0, 0.05) is 5.57 Å². The molecule has 5 nitrogen and oxygen atoms in total. The summed E-state index contributed by atoms with van der Waals surface area (Å²) in [6.07, 6.45) is 6.79. The highest BCUT2D eigenvalue weighted by atomic mass is 32.2. The minimum Gasteiger partial charge on any atom is -0.497 e. The lowest BCUT2D eigenvalue weighted by Gasteiger charge is -2.06. The Bertz CT molecular complexity index is 987. The fraction of sp³-hybridized carbons (Fsp3) is 0.320. The Kier molecular flexibility index (Phi) is 9.53. The number of sulfone groups is 1. The predicted molar refractivity (Wildman–Crippen MR) is 125 cm³/mol. The predicted octanol–water partition coefficient (Wildman–Crippen LogP) is 5.32. The number of hydrogen-bond acceptors (Lipinski definition) is 5. The van der Waals surface area contributed by atoms with Gasteiger partial charge in [-0.1, -0.05) is 55.8 Å². The van der Waals surface area contributed by atoms with E-state index < -0.39 is 9.84 Å². The summed E-state index contributed by atoms with van der Waals surface area (Å²) in [7, 11) is -1.67. The topological polar surface area (TPSA) is 69.7 Å². The first-order valence-electron chi connectivity index (χ1n) is 10.3. The number of carbonyl (C=O) groups excluding carboxylic acids is 1. The van der Waals surface area contributed by atoms with Gasteiger partial charge in [-0.25, -0.2) is 13.2 Å². The van der Waals surface area contributed by atoms with Crippen molar-refractivity contribution in [3.63, 3.8) is 0 Å². The Morgan fingerprint density at radius 3 is 2.00 bits per heavy atom. The molecule has 0 aliphatic carbocycles. The number of esters is 1. The zero-order valence-electron chi connectivity index (χ0n) is 18.2. The maximum atomic E-state index is 12.5. The molecule has 0 fully saturated rings. The molecule has 0 unspecified atom stereocenters. The number of benzene rings is 2. The number of hydrogen-bond donors (Lipinski definition) is 0. The average Bonchev–Trinajstić information content (AvgIpc) is 2.77. The zero-order valence-corrected chi connectivity index (χ0v) is 19.0. The van der Waals surface area contributed by atoms with Crippen LogP contribution in [-0.4, -0.2) is 33.9 Å². The summed E-state index contributed by atoms with van der Waals surface area (Å²) >= 11 is 0. The van der Waals surface area contributed by atoms with E-state index in [2.05, 4.69) is 6.58 Å². The second-order valence-electron chi connectivity index (χ2n) is 7.32. The van der Waals surface area contributed by atoms with Gasteiger partial charge in [-0.2, -0.15) is 0 Å². The third-order valence-corrected chi connectivity index (χ3v) is 6.53. The highest BCUT2D eigenvalue weighted by Crippen LogP contribution is 2.17. The molecular formula is C25H30O5S. The lowest BCUT2D eigenvalue weighted by atomic mass is 10.1. The first kappa shape index (κ1) is 24.4. The van der Waals surface area contributed by atoms with Crippen molar-refractivity contribution in [1.82, 2.24) is 0 Å². The number of unbranched alkanes of at least 4 members (excludes halogenated alkanes) is 3. The fourth-order valence-corrected chi connectivity index (χ4v) is 4.22. The van der Waals surface area contributed by atoms with E-state index in [0.29, 0.717) is 29.9 Å². The van der Waals surface area contributed by atoms with Gasteiger partial charge in [0.05, 0.1) is 24.4 Å². The number of rotatable bonds is 12. The van der Waals surface area contributed by atoms with E-state index >= 15 is 0 Å². The van der Waals surface area contributed by atoms with E-state index in [9.17, 15) is 13.2 Å². The van der Waals surface area contributed by atoms with Crippen molar-refractivity contribution in [1.29, 1.82) is 0 Å². The Morgan fingerprint density at radius 2 is 1.45 bits per heavy atom. The van der Waals surface area contributed by atoms with Crippen LogP contribution in [0.3, 0.4) is 0 Å². The molecule has 0 spiro atoms. The summed E-state index contributed by atoms with van der Waals surface area (Å²) < 4.78 is 35.2. The SMILES string of the molecule is C=C(C)C(=O)OCCCCCCS(=O)(=O)c1ccc(C=Cc2ccc(OC)cc2)cc1. The van der Waals surface area contributed by atoms with Gasteiger partial charge in [0.1, 0.15) is 5.75 Å². The van der Waals surface area contributed by atoms with Gasteiger partial charge in [0.25, 0.3) is 0 Å². The van der Waals surface area contributed by atoms with Crippen molar-refractivity contribution in [2.75, 3.05) is 19.5 Å². The number of ether oxygens (including phenoxy) is 2. The van der Waals surface area contributed by atoms with Gasteiger partial charge in [-0.05, 0) is 55.2 Å². The third kappa shape index (κ3) is 8.42. The van der Waals surface area contributed by atoms with E-state index in [1.165, 1.54) is 0 Å². The monoisotopic (exact) mass is 442 g/mol. The number of methoxy groups -OCH3 is 1. The summed E-state index contributed by atoms with van der Waals surface area (Å²) in [6, 6.07) is 14.6. The van der Waals surface area contributed by atoms with E-state index in [-0.39, 0.29) is 11.7 Å². The first-order valence-corrected chi connectivity index (χ1v) is 11.9. The van der Waals surface area contributed by atoms with Gasteiger partial charge >= 0.3 is 5.97 Å². The molecule has 0 heterocycles. The minimum atomic E-state index is -3.30. The van der Waals surface area contributed by atoms with Crippen molar-refractivity contribution < 1.29 is 22.7 Å². The molecule has 0 aliphatic rings. The molecule has 0 amide bonds. The van der Waals surface area contributed by atoms with Gasteiger partial charge < -0.3 is 9.47 Å². The van der Waals surface area contributed by atoms with Crippen LogP contribution >= 0.6 is 0 Å². The van der Waals surface area contributed by atoms with Gasteiger partial charge in [0.15, 0.2) is 9.84 Å². The molecule has 0 saturated heterocycles. The second kappa shape index (κ2) is 12.1. The molecule has 0 aliphatic heterocycles. The van der Waals surface area contributed by atoms with Crippen LogP contribution in [0.1, 0.15) is 43.7 Å². The van der Waals surface area contributed by atoms with E-state index in [4.69, 9.17) is 9.47 Å². The molecule has 6 heteroatoms. The third-order valence-electron chi connectivity index (χ3n) is 4.71. The largest absolute Gasteiger partial charge is 0.497 e. The number of carbonyl (C=O) groups is 1. The first-order chi connectivity index (χ1) is 14.8. The highest BCUT2D eigenvalue weighted by molar-refractivity contribution is 7.91. The normalized spacial score (nSPS) is 11.4. The second-order valence-corrected chi connectivity index (χ2v) is 9.43. The summed E-state index contributed by atoms with van der Waals surface area (Å²) in [5.41, 5.74) is 2.35. The van der Waals surface area contributed by atoms with Crippen LogP contribution in [0.5, 0.6) is 5.75 Å². The van der Waals surface area contributed by atoms with Gasteiger partial charge in [-0.15, -0.1) is 0 Å². The molecular weight excluding hydrogens is 412 g/mol. The molecule has 2 rings (SSSR count). The van der Waals surface area contributed by atoms with Crippen LogP contribution in [0.2, 0.25) is 0 Å². The van der Waals surface area contributed by atoms with Crippen molar-refractivity contribution in [3.05, 3.63) is 71.8 Å². The summed E-state index contributed by atoms with van der Waals surface area (Å²) in [5, 5.41) is 0. The summed E-state index contributed by atoms with van der Waals surface area (Å²) in [4.78, 5) is 11.6. The summed E-state index contributed by atoms with van der Waals surface area (Å²) in [6.45, 7) is 5.47. The smallest absolute Gasteiger partial charge is 0.333 e. The molecule has 31 heavy (non-hydrogen) atoms. The van der Waals surface area contributed by atoms with Crippen molar-refractivity contribution in [3.8, 4) is 5.75 Å². The maximum Gasteiger partial charge on any atom is 0.333 e. The lowest BCUT2D eigenvalue weighted by Crippen LogP contribution is -2.08. The van der Waals surface area contributed by atoms with Crippen LogP contribution in [0, 0.1) is 0 Å². The van der Waals surface area contributed by atoms with E-state index in [0.717, 1.165) is 29.7 Å². The summed E-state index contributed by atoms with van der Waals surface area (Å²) in [5.74, 6) is 0.530. The zero-order chi connectivity index (χ0) is 22.7. The Morgan fingerprint density at radius 1 is 0.903 bits per heavy atom. The van der Waals surface area contributed by atoms with Crippen LogP contribution in [0.25, 0.3) is 12.2 Å². The van der Waals surface area contributed by atoms with Gasteiger partial charge in [0.2, 0.25) is 0 Å². The molecule has 0 radical (unpaired) electrons. The lowest BCUT2D eigenvalue weighted by molar-refractivity contribution is -0.139. The van der Waals surface area contributed by atoms with Crippen molar-refractivity contribution >= 4 is 28.0 Å². The average molecular weight is 443 g/mol. The van der Waals surface area contributed by atoms with E-state index in [1.54, 1.807) is 26.2 Å². The van der Waals surface area contributed by atoms with Crippen LogP contribution in [0.4, 0.5) is 0 Å². The molecule has 2 aromatic carbocycles. The Hall–Kier alpha value is -2.86. The highest BCUT2D eigenvalue weighted by Gasteiger charge is 2.13. The molecule has 0 N–H and O–H groups in total. The van der Waals surface area contributed by atoms with Crippen LogP contribution in [-0.2, 0) is 19.4 Å². The van der Waals surface area contributed by atoms with Gasteiger partial charge in [-0.3, -0.25) is 0 Å². The molecule has 0 atom stereocenters. The van der Waals surface area contributed by atoms with Crippen molar-refractivity contribution in [2.45, 2.75) is 37.5 Å². The Labute approximate surface area is 185 Å².